The molecule has 4 aromatic rings. The van der Waals surface area contributed by atoms with Gasteiger partial charge in [-0.15, -0.1) is 0 Å². The van der Waals surface area contributed by atoms with Gasteiger partial charge < -0.3 is 5.11 Å². The van der Waals surface area contributed by atoms with E-state index in [9.17, 15) is 9.90 Å². The highest BCUT2D eigenvalue weighted by Crippen LogP contribution is 2.32. The molecular weight excluding hydrogens is 320 g/mol. The van der Waals surface area contributed by atoms with Crippen molar-refractivity contribution in [2.45, 2.75) is 19.4 Å². The highest BCUT2D eigenvalue weighted by atomic mass is 16.3. The Morgan fingerprint density at radius 2 is 1.27 bits per heavy atom. The lowest BCUT2D eigenvalue weighted by Crippen LogP contribution is -2.20. The van der Waals surface area contributed by atoms with E-state index in [4.69, 9.17) is 0 Å². The summed E-state index contributed by atoms with van der Waals surface area (Å²) in [7, 11) is 0. The summed E-state index contributed by atoms with van der Waals surface area (Å²) in [6.45, 7) is 3.42. The Hall–Kier alpha value is -2.97. The molecule has 0 aliphatic heterocycles. The molecule has 2 heteroatoms. The van der Waals surface area contributed by atoms with Crippen molar-refractivity contribution in [2.24, 2.45) is 0 Å². The molecule has 0 aliphatic rings. The van der Waals surface area contributed by atoms with Crippen molar-refractivity contribution in [1.82, 2.24) is 0 Å². The van der Waals surface area contributed by atoms with Crippen molar-refractivity contribution in [2.75, 3.05) is 0 Å². The second-order valence-corrected chi connectivity index (χ2v) is 7.13. The molecule has 0 fully saturated rings. The highest BCUT2D eigenvalue weighted by Gasteiger charge is 2.25. The minimum atomic E-state index is -1.09. The van der Waals surface area contributed by atoms with E-state index in [0.29, 0.717) is 16.7 Å². The van der Waals surface area contributed by atoms with Crippen molar-refractivity contribution in [3.8, 4) is 0 Å². The summed E-state index contributed by atoms with van der Waals surface area (Å²) in [5.74, 6) is -0.0595. The van der Waals surface area contributed by atoms with Crippen molar-refractivity contribution in [3.63, 3.8) is 0 Å². The normalized spacial score (nSPS) is 11.8. The first-order chi connectivity index (χ1) is 12.5. The summed E-state index contributed by atoms with van der Waals surface area (Å²) < 4.78 is 0. The third-order valence-corrected chi connectivity index (χ3v) is 4.83. The van der Waals surface area contributed by atoms with Crippen LogP contribution in [0.2, 0.25) is 0 Å². The molecule has 0 radical (unpaired) electrons. The zero-order valence-electron chi connectivity index (χ0n) is 14.9. The van der Waals surface area contributed by atoms with Gasteiger partial charge in [0.1, 0.15) is 0 Å². The summed E-state index contributed by atoms with van der Waals surface area (Å²) in [5, 5.41) is 14.5. The lowest BCUT2D eigenvalue weighted by molar-refractivity contribution is 0.0760. The van der Waals surface area contributed by atoms with E-state index >= 15 is 0 Å². The molecule has 4 aromatic carbocycles. The molecule has 0 unspecified atom stereocenters. The SMILES string of the molecule is CC(C)(O)c1ccccc1C(=O)c1c2ccccc2cc2ccccc12. The summed E-state index contributed by atoms with van der Waals surface area (Å²) >= 11 is 0. The molecule has 4 rings (SSSR count). The quantitative estimate of drug-likeness (QED) is 0.398. The number of carbonyl (C=O) groups excluding carboxylic acids is 1. The van der Waals surface area contributed by atoms with Crippen LogP contribution in [0.15, 0.2) is 78.9 Å². The Morgan fingerprint density at radius 1 is 0.769 bits per heavy atom. The van der Waals surface area contributed by atoms with Gasteiger partial charge in [0.25, 0.3) is 0 Å². The molecule has 26 heavy (non-hydrogen) atoms. The van der Waals surface area contributed by atoms with Crippen molar-refractivity contribution in [1.29, 1.82) is 0 Å². The molecule has 128 valence electrons. The van der Waals surface area contributed by atoms with Gasteiger partial charge in [-0.25, -0.2) is 0 Å². The standard InChI is InChI=1S/C24H20O2/c1-24(2,26)21-14-8-7-13-20(21)23(25)22-18-11-5-3-9-16(18)15-17-10-4-6-12-19(17)22/h3-15,26H,1-2H3. The fourth-order valence-corrected chi connectivity index (χ4v) is 3.61. The Labute approximate surface area is 152 Å². The monoisotopic (exact) mass is 340 g/mol. The first-order valence-corrected chi connectivity index (χ1v) is 8.74. The third-order valence-electron chi connectivity index (χ3n) is 4.83. The van der Waals surface area contributed by atoms with E-state index in [2.05, 4.69) is 6.07 Å². The van der Waals surface area contributed by atoms with Gasteiger partial charge in [-0.1, -0.05) is 72.8 Å². The number of aliphatic hydroxyl groups is 1. The van der Waals surface area contributed by atoms with Gasteiger partial charge in [0, 0.05) is 11.1 Å². The van der Waals surface area contributed by atoms with E-state index in [1.165, 1.54) is 0 Å². The van der Waals surface area contributed by atoms with Crippen LogP contribution in [-0.4, -0.2) is 10.9 Å². The highest BCUT2D eigenvalue weighted by molar-refractivity contribution is 6.24. The molecular formula is C24H20O2. The van der Waals surface area contributed by atoms with Crippen LogP contribution in [0.3, 0.4) is 0 Å². The first kappa shape index (κ1) is 16.5. The molecule has 0 aromatic heterocycles. The molecule has 0 saturated carbocycles. The average Bonchev–Trinajstić information content (AvgIpc) is 2.65. The van der Waals surface area contributed by atoms with E-state index in [0.717, 1.165) is 21.5 Å². The predicted octanol–water partition coefficient (Wildman–Crippen LogP) is 5.45. The van der Waals surface area contributed by atoms with Crippen LogP contribution in [-0.2, 0) is 5.60 Å². The van der Waals surface area contributed by atoms with Gasteiger partial charge in [0.05, 0.1) is 5.60 Å². The van der Waals surface area contributed by atoms with Gasteiger partial charge in [0.2, 0.25) is 0 Å². The molecule has 0 saturated heterocycles. The molecule has 0 heterocycles. The maximum atomic E-state index is 13.6. The number of fused-ring (bicyclic) bond motifs is 2. The number of benzene rings is 4. The minimum Gasteiger partial charge on any atom is -0.386 e. The Bertz CT molecular complexity index is 1080. The molecule has 0 spiro atoms. The number of rotatable bonds is 3. The zero-order chi connectivity index (χ0) is 18.3. The van der Waals surface area contributed by atoms with Crippen LogP contribution in [0, 0.1) is 0 Å². The molecule has 0 aliphatic carbocycles. The van der Waals surface area contributed by atoms with E-state index in [-0.39, 0.29) is 5.78 Å². The minimum absolute atomic E-state index is 0.0595. The van der Waals surface area contributed by atoms with E-state index in [1.807, 2.05) is 66.7 Å². The fraction of sp³-hybridized carbons (Fsp3) is 0.125. The maximum Gasteiger partial charge on any atom is 0.194 e. The molecule has 2 nitrogen and oxygen atoms in total. The first-order valence-electron chi connectivity index (χ1n) is 8.74. The molecule has 0 bridgehead atoms. The van der Waals surface area contributed by atoms with E-state index < -0.39 is 5.60 Å². The summed E-state index contributed by atoms with van der Waals surface area (Å²) in [4.78, 5) is 13.6. The van der Waals surface area contributed by atoms with Crippen molar-refractivity contribution >= 4 is 27.3 Å². The zero-order valence-corrected chi connectivity index (χ0v) is 14.9. The maximum absolute atomic E-state index is 13.6. The smallest absolute Gasteiger partial charge is 0.194 e. The summed E-state index contributed by atoms with van der Waals surface area (Å²) in [6, 6.07) is 25.3. The average molecular weight is 340 g/mol. The number of hydrogen-bond acceptors (Lipinski definition) is 2. The van der Waals surface area contributed by atoms with Crippen LogP contribution in [0.1, 0.15) is 35.3 Å². The van der Waals surface area contributed by atoms with Gasteiger partial charge in [-0.05, 0) is 47.0 Å². The summed E-state index contributed by atoms with van der Waals surface area (Å²) in [5.41, 5.74) is 0.783. The lowest BCUT2D eigenvalue weighted by atomic mass is 9.86. The van der Waals surface area contributed by atoms with Crippen LogP contribution >= 0.6 is 0 Å². The van der Waals surface area contributed by atoms with Gasteiger partial charge >= 0.3 is 0 Å². The molecule has 1 N–H and O–H groups in total. The predicted molar refractivity (Wildman–Crippen MR) is 107 cm³/mol. The summed E-state index contributed by atoms with van der Waals surface area (Å²) in [6.07, 6.45) is 0. The van der Waals surface area contributed by atoms with Crippen LogP contribution in [0.4, 0.5) is 0 Å². The Kier molecular flexibility index (Phi) is 3.86. The van der Waals surface area contributed by atoms with Crippen LogP contribution in [0.5, 0.6) is 0 Å². The second-order valence-electron chi connectivity index (χ2n) is 7.13. The largest absolute Gasteiger partial charge is 0.386 e. The van der Waals surface area contributed by atoms with Gasteiger partial charge in [-0.2, -0.15) is 0 Å². The number of hydrogen-bond donors (Lipinski definition) is 1. The fourth-order valence-electron chi connectivity index (χ4n) is 3.61. The third kappa shape index (κ3) is 2.69. The van der Waals surface area contributed by atoms with Gasteiger partial charge in [0.15, 0.2) is 5.78 Å². The van der Waals surface area contributed by atoms with Crippen molar-refractivity contribution < 1.29 is 9.90 Å². The van der Waals surface area contributed by atoms with Gasteiger partial charge in [-0.3, -0.25) is 4.79 Å². The van der Waals surface area contributed by atoms with E-state index in [1.54, 1.807) is 19.9 Å². The Balaban J connectivity index is 2.07. The number of carbonyl (C=O) groups is 1. The second kappa shape index (κ2) is 6.08. The van der Waals surface area contributed by atoms with Crippen LogP contribution in [0.25, 0.3) is 21.5 Å². The van der Waals surface area contributed by atoms with Crippen molar-refractivity contribution in [3.05, 3.63) is 95.6 Å². The Morgan fingerprint density at radius 3 is 1.85 bits per heavy atom. The number of ketones is 1. The topological polar surface area (TPSA) is 37.3 Å². The van der Waals surface area contributed by atoms with Crippen LogP contribution < -0.4 is 0 Å². The lowest BCUT2D eigenvalue weighted by Gasteiger charge is -2.21. The molecule has 0 atom stereocenters. The molecule has 0 amide bonds.